The number of nitrogens with zero attached hydrogens (tertiary/aromatic N) is 2. The van der Waals surface area contributed by atoms with Crippen LogP contribution in [0.5, 0.6) is 17.2 Å². The molecule has 31 heavy (non-hydrogen) atoms. The molecule has 2 aromatic rings. The third kappa shape index (κ3) is 5.53. The molecular formula is C21H20N2O6S2. The molecule has 0 N–H and O–H groups in total. The van der Waals surface area contributed by atoms with Crippen molar-refractivity contribution in [1.82, 2.24) is 4.90 Å². The highest BCUT2D eigenvalue weighted by Gasteiger charge is 2.31. The van der Waals surface area contributed by atoms with Crippen molar-refractivity contribution in [1.29, 1.82) is 0 Å². The third-order valence-electron chi connectivity index (χ3n) is 4.33. The van der Waals surface area contributed by atoms with E-state index in [2.05, 4.69) is 0 Å². The van der Waals surface area contributed by atoms with Crippen LogP contribution in [0.1, 0.15) is 12.5 Å². The van der Waals surface area contributed by atoms with Gasteiger partial charge in [0.2, 0.25) is 0 Å². The summed E-state index contributed by atoms with van der Waals surface area (Å²) in [6, 6.07) is 11.4. The number of thiocarbonyl (C=S) groups is 1. The van der Waals surface area contributed by atoms with E-state index in [0.29, 0.717) is 38.6 Å². The molecule has 0 radical (unpaired) electrons. The van der Waals surface area contributed by atoms with Crippen LogP contribution in [-0.4, -0.2) is 46.9 Å². The predicted octanol–water partition coefficient (Wildman–Crippen LogP) is 4.28. The number of hydrogen-bond acceptors (Lipinski definition) is 8. The second-order valence-electron chi connectivity index (χ2n) is 6.28. The fourth-order valence-corrected chi connectivity index (χ4v) is 4.18. The SMILES string of the molecule is CCN1C(=O)C(=Cc2cc([N+](=O)[O-])ccc2OCCOc2cccc(OC)c2)SC1=S. The molecule has 0 unspecified atom stereocenters. The molecule has 0 bridgehead atoms. The van der Waals surface area contributed by atoms with E-state index >= 15 is 0 Å². The normalized spacial score (nSPS) is 14.8. The molecule has 1 saturated heterocycles. The van der Waals surface area contributed by atoms with Crippen LogP contribution in [0.3, 0.4) is 0 Å². The Balaban J connectivity index is 1.74. The lowest BCUT2D eigenvalue weighted by Crippen LogP contribution is -2.27. The largest absolute Gasteiger partial charge is 0.497 e. The molecule has 1 aliphatic rings. The number of likely N-dealkylation sites (N-methyl/N-ethyl adjacent to an activating group) is 1. The van der Waals surface area contributed by atoms with Gasteiger partial charge in [-0.05, 0) is 31.2 Å². The van der Waals surface area contributed by atoms with Crippen LogP contribution in [0.4, 0.5) is 5.69 Å². The molecule has 10 heteroatoms. The number of non-ortho nitro benzene ring substituents is 1. The number of ether oxygens (including phenoxy) is 3. The number of carbonyl (C=O) groups excluding carboxylic acids is 1. The highest BCUT2D eigenvalue weighted by atomic mass is 32.2. The molecule has 1 aliphatic heterocycles. The minimum Gasteiger partial charge on any atom is -0.497 e. The first kappa shape index (κ1) is 22.6. The van der Waals surface area contributed by atoms with E-state index in [1.165, 1.54) is 23.1 Å². The van der Waals surface area contributed by atoms with Crippen LogP contribution in [-0.2, 0) is 4.79 Å². The molecule has 1 amide bonds. The first-order chi connectivity index (χ1) is 14.9. The van der Waals surface area contributed by atoms with Gasteiger partial charge in [-0.15, -0.1) is 0 Å². The van der Waals surface area contributed by atoms with E-state index in [1.54, 1.807) is 25.3 Å². The molecule has 0 saturated carbocycles. The van der Waals surface area contributed by atoms with Crippen LogP contribution >= 0.6 is 24.0 Å². The van der Waals surface area contributed by atoms with Crippen molar-refractivity contribution in [3.05, 3.63) is 63.0 Å². The number of rotatable bonds is 9. The van der Waals surface area contributed by atoms with Gasteiger partial charge in [-0.25, -0.2) is 0 Å². The number of methoxy groups -OCH3 is 1. The minimum absolute atomic E-state index is 0.0998. The van der Waals surface area contributed by atoms with Crippen LogP contribution < -0.4 is 14.2 Å². The lowest BCUT2D eigenvalue weighted by atomic mass is 10.1. The summed E-state index contributed by atoms with van der Waals surface area (Å²) in [5.74, 6) is 1.49. The quantitative estimate of drug-likeness (QED) is 0.180. The van der Waals surface area contributed by atoms with Gasteiger partial charge in [-0.1, -0.05) is 30.0 Å². The van der Waals surface area contributed by atoms with Gasteiger partial charge in [-0.3, -0.25) is 19.8 Å². The number of thioether (sulfide) groups is 1. The molecule has 1 heterocycles. The van der Waals surface area contributed by atoms with E-state index in [0.717, 1.165) is 11.8 Å². The molecule has 162 valence electrons. The lowest BCUT2D eigenvalue weighted by molar-refractivity contribution is -0.384. The van der Waals surface area contributed by atoms with Gasteiger partial charge in [0.25, 0.3) is 11.6 Å². The second-order valence-corrected chi connectivity index (χ2v) is 7.96. The van der Waals surface area contributed by atoms with E-state index in [4.69, 9.17) is 26.4 Å². The molecule has 3 rings (SSSR count). The maximum Gasteiger partial charge on any atom is 0.270 e. The molecule has 0 aromatic heterocycles. The highest BCUT2D eigenvalue weighted by molar-refractivity contribution is 8.26. The zero-order chi connectivity index (χ0) is 22.4. The predicted molar refractivity (Wildman–Crippen MR) is 123 cm³/mol. The van der Waals surface area contributed by atoms with Crippen molar-refractivity contribution in [2.24, 2.45) is 0 Å². The topological polar surface area (TPSA) is 91.1 Å². The smallest absolute Gasteiger partial charge is 0.270 e. The Morgan fingerprint density at radius 3 is 2.58 bits per heavy atom. The minimum atomic E-state index is -0.496. The van der Waals surface area contributed by atoms with Crippen molar-refractivity contribution < 1.29 is 23.9 Å². The van der Waals surface area contributed by atoms with E-state index < -0.39 is 4.92 Å². The average Bonchev–Trinajstić information content (AvgIpc) is 3.04. The third-order valence-corrected chi connectivity index (χ3v) is 5.71. The van der Waals surface area contributed by atoms with Gasteiger partial charge in [0.05, 0.1) is 16.9 Å². The Morgan fingerprint density at radius 2 is 1.90 bits per heavy atom. The molecular weight excluding hydrogens is 440 g/mol. The molecule has 8 nitrogen and oxygen atoms in total. The Labute approximate surface area is 188 Å². The van der Waals surface area contributed by atoms with Gasteiger partial charge >= 0.3 is 0 Å². The number of nitro benzene ring substituents is 1. The maximum atomic E-state index is 12.5. The lowest BCUT2D eigenvalue weighted by Gasteiger charge is -2.12. The van der Waals surface area contributed by atoms with Crippen molar-refractivity contribution in [3.8, 4) is 17.2 Å². The molecule has 1 fully saturated rings. The van der Waals surface area contributed by atoms with Gasteiger partial charge in [0.1, 0.15) is 34.8 Å². The summed E-state index contributed by atoms with van der Waals surface area (Å²) in [4.78, 5) is 25.1. The van der Waals surface area contributed by atoms with Crippen LogP contribution in [0, 0.1) is 10.1 Å². The van der Waals surface area contributed by atoms with E-state index in [9.17, 15) is 14.9 Å². The fraction of sp³-hybridized carbons (Fsp3) is 0.238. The summed E-state index contributed by atoms with van der Waals surface area (Å²) < 4.78 is 17.1. The fourth-order valence-electron chi connectivity index (χ4n) is 2.81. The summed E-state index contributed by atoms with van der Waals surface area (Å²) >= 11 is 6.38. The first-order valence-corrected chi connectivity index (χ1v) is 10.6. The molecule has 2 aromatic carbocycles. The van der Waals surface area contributed by atoms with Crippen molar-refractivity contribution in [3.63, 3.8) is 0 Å². The molecule has 0 spiro atoms. The maximum absolute atomic E-state index is 12.5. The van der Waals surface area contributed by atoms with Crippen molar-refractivity contribution in [2.45, 2.75) is 6.92 Å². The van der Waals surface area contributed by atoms with E-state index in [-0.39, 0.29) is 24.8 Å². The first-order valence-electron chi connectivity index (χ1n) is 9.36. The van der Waals surface area contributed by atoms with Crippen LogP contribution in [0.25, 0.3) is 6.08 Å². The number of amides is 1. The summed E-state index contributed by atoms with van der Waals surface area (Å²) in [5, 5.41) is 11.2. The Hall–Kier alpha value is -3.11. The van der Waals surface area contributed by atoms with Crippen LogP contribution in [0.15, 0.2) is 47.4 Å². The summed E-state index contributed by atoms with van der Waals surface area (Å²) in [5.41, 5.74) is 0.324. The summed E-state index contributed by atoms with van der Waals surface area (Å²) in [7, 11) is 1.58. The van der Waals surface area contributed by atoms with Gasteiger partial charge in [0.15, 0.2) is 0 Å². The Bertz CT molecular complexity index is 1040. The average molecular weight is 461 g/mol. The summed E-state index contributed by atoms with van der Waals surface area (Å²) in [6.45, 7) is 2.74. The van der Waals surface area contributed by atoms with Crippen LogP contribution in [0.2, 0.25) is 0 Å². The molecule has 0 aliphatic carbocycles. The highest BCUT2D eigenvalue weighted by Crippen LogP contribution is 2.35. The van der Waals surface area contributed by atoms with Gasteiger partial charge < -0.3 is 14.2 Å². The van der Waals surface area contributed by atoms with Crippen molar-refractivity contribution in [2.75, 3.05) is 26.9 Å². The van der Waals surface area contributed by atoms with Crippen molar-refractivity contribution >= 4 is 46.0 Å². The Morgan fingerprint density at radius 1 is 1.16 bits per heavy atom. The van der Waals surface area contributed by atoms with Gasteiger partial charge in [0, 0.05) is 30.3 Å². The number of carbonyl (C=O) groups is 1. The molecule has 0 atom stereocenters. The number of nitro groups is 1. The zero-order valence-electron chi connectivity index (χ0n) is 16.9. The second kappa shape index (κ2) is 10.3. The van der Waals surface area contributed by atoms with E-state index in [1.807, 2.05) is 19.1 Å². The Kier molecular flexibility index (Phi) is 7.48. The monoisotopic (exact) mass is 460 g/mol. The zero-order valence-corrected chi connectivity index (χ0v) is 18.5. The standard InChI is InChI=1S/C21H20N2O6S2/c1-3-22-20(24)19(31-21(22)30)12-14-11-15(23(25)26)7-8-18(14)29-10-9-28-17-6-4-5-16(13-17)27-2/h4-8,11-13H,3,9-10H2,1-2H3. The number of hydrogen-bond donors (Lipinski definition) is 0. The van der Waals surface area contributed by atoms with Gasteiger partial charge in [-0.2, -0.15) is 0 Å². The summed E-state index contributed by atoms with van der Waals surface area (Å²) in [6.07, 6.45) is 1.57. The number of benzene rings is 2.